The van der Waals surface area contributed by atoms with Gasteiger partial charge in [0.15, 0.2) is 11.5 Å². The normalized spacial score (nSPS) is 18.8. The molecule has 22 heavy (non-hydrogen) atoms. The third kappa shape index (κ3) is 1.99. The fourth-order valence-electron chi connectivity index (χ4n) is 2.91. The van der Waals surface area contributed by atoms with Gasteiger partial charge in [0.1, 0.15) is 11.6 Å². The van der Waals surface area contributed by atoms with E-state index in [0.29, 0.717) is 17.2 Å². The molecule has 2 aliphatic rings. The number of hydrogen-bond donors (Lipinski definition) is 1. The first kappa shape index (κ1) is 13.1. The van der Waals surface area contributed by atoms with Crippen molar-refractivity contribution in [3.63, 3.8) is 0 Å². The predicted molar refractivity (Wildman–Crippen MR) is 74.0 cm³/mol. The molecule has 1 N–H and O–H groups in total. The Balaban J connectivity index is 1.86. The van der Waals surface area contributed by atoms with Crippen molar-refractivity contribution in [3.8, 4) is 11.5 Å². The first-order valence-corrected chi connectivity index (χ1v) is 6.80. The summed E-state index contributed by atoms with van der Waals surface area (Å²) < 4.78 is 37.8. The fraction of sp³-hybridized carbons (Fsp3) is 0.188. The van der Waals surface area contributed by atoms with Gasteiger partial charge in [-0.05, 0) is 23.3 Å². The van der Waals surface area contributed by atoms with Crippen LogP contribution in [0.1, 0.15) is 23.5 Å². The molecule has 4 rings (SSSR count). The van der Waals surface area contributed by atoms with Crippen LogP contribution in [-0.2, 0) is 4.79 Å². The highest BCUT2D eigenvalue weighted by Crippen LogP contribution is 2.45. The van der Waals surface area contributed by atoms with Gasteiger partial charge in [-0.25, -0.2) is 8.78 Å². The highest BCUT2D eigenvalue weighted by atomic mass is 19.1. The van der Waals surface area contributed by atoms with Crippen LogP contribution in [-0.4, -0.2) is 12.7 Å². The lowest BCUT2D eigenvalue weighted by Gasteiger charge is -2.26. The summed E-state index contributed by atoms with van der Waals surface area (Å²) in [4.78, 5) is 11.9. The van der Waals surface area contributed by atoms with E-state index in [1.165, 1.54) is 12.1 Å². The molecule has 4 nitrogen and oxygen atoms in total. The van der Waals surface area contributed by atoms with E-state index in [9.17, 15) is 13.6 Å². The Kier molecular flexibility index (Phi) is 2.79. The van der Waals surface area contributed by atoms with Crippen LogP contribution >= 0.6 is 0 Å². The van der Waals surface area contributed by atoms with E-state index in [1.807, 2.05) is 0 Å². The van der Waals surface area contributed by atoms with Crippen LogP contribution < -0.4 is 14.8 Å². The maximum Gasteiger partial charge on any atom is 0.231 e. The molecule has 0 unspecified atom stereocenters. The minimum absolute atomic E-state index is 0.0925. The van der Waals surface area contributed by atoms with E-state index in [2.05, 4.69) is 5.32 Å². The predicted octanol–water partition coefficient (Wildman–Crippen LogP) is 3.17. The van der Waals surface area contributed by atoms with E-state index < -0.39 is 17.6 Å². The summed E-state index contributed by atoms with van der Waals surface area (Å²) in [7, 11) is 0. The third-order valence-corrected chi connectivity index (χ3v) is 3.92. The van der Waals surface area contributed by atoms with Crippen LogP contribution in [0.25, 0.3) is 0 Å². The quantitative estimate of drug-likeness (QED) is 0.880. The average Bonchev–Trinajstić information content (AvgIpc) is 2.91. The number of anilines is 1. The summed E-state index contributed by atoms with van der Waals surface area (Å²) in [5.74, 6) is -0.920. The lowest BCUT2D eigenvalue weighted by atomic mass is 9.84. The van der Waals surface area contributed by atoms with Gasteiger partial charge in [-0.15, -0.1) is 0 Å². The molecular formula is C16H11F2NO3. The molecule has 2 aromatic carbocycles. The molecule has 112 valence electrons. The molecule has 0 saturated heterocycles. The highest BCUT2D eigenvalue weighted by Gasteiger charge is 2.31. The molecule has 0 spiro atoms. The number of ether oxygens (including phenoxy) is 2. The molecule has 1 atom stereocenters. The molecule has 6 heteroatoms. The van der Waals surface area contributed by atoms with Crippen LogP contribution in [0, 0.1) is 11.6 Å². The highest BCUT2D eigenvalue weighted by molar-refractivity contribution is 5.96. The van der Waals surface area contributed by atoms with Gasteiger partial charge in [-0.3, -0.25) is 4.79 Å². The van der Waals surface area contributed by atoms with Gasteiger partial charge in [0.25, 0.3) is 0 Å². The number of benzene rings is 2. The maximum absolute atomic E-state index is 14.1. The number of carbonyl (C=O) groups excluding carboxylic acids is 1. The Hall–Kier alpha value is -2.63. The van der Waals surface area contributed by atoms with E-state index in [1.54, 1.807) is 12.1 Å². The zero-order valence-electron chi connectivity index (χ0n) is 11.4. The van der Waals surface area contributed by atoms with Gasteiger partial charge in [0, 0.05) is 30.2 Å². The lowest BCUT2D eigenvalue weighted by Crippen LogP contribution is -2.24. The Bertz CT molecular complexity index is 791. The molecule has 2 heterocycles. The van der Waals surface area contributed by atoms with Crippen molar-refractivity contribution >= 4 is 11.6 Å². The summed E-state index contributed by atoms with van der Waals surface area (Å²) in [6.07, 6.45) is 0.0925. The van der Waals surface area contributed by atoms with Gasteiger partial charge >= 0.3 is 0 Å². The number of nitrogens with one attached hydrogen (secondary N) is 1. The average molecular weight is 303 g/mol. The van der Waals surface area contributed by atoms with Gasteiger partial charge in [0.2, 0.25) is 12.7 Å². The standard InChI is InChI=1S/C16H11F2NO3/c17-8-1-2-9(12(18)3-8)10-5-16(20)19-13-6-15-14(4-11(10)13)21-7-22-15/h1-4,6,10H,5,7H2,(H,19,20)/t10-/m0/s1. The van der Waals surface area contributed by atoms with Gasteiger partial charge in [0.05, 0.1) is 0 Å². The summed E-state index contributed by atoms with van der Waals surface area (Å²) in [6.45, 7) is 0.113. The van der Waals surface area contributed by atoms with Crippen LogP contribution in [0.15, 0.2) is 30.3 Å². The summed E-state index contributed by atoms with van der Waals surface area (Å²) in [5.41, 5.74) is 1.58. The molecule has 2 aliphatic heterocycles. The zero-order chi connectivity index (χ0) is 15.3. The van der Waals surface area contributed by atoms with Crippen molar-refractivity contribution < 1.29 is 23.0 Å². The second-order valence-electron chi connectivity index (χ2n) is 5.26. The number of fused-ring (bicyclic) bond motifs is 2. The topological polar surface area (TPSA) is 47.6 Å². The number of carbonyl (C=O) groups is 1. The van der Waals surface area contributed by atoms with E-state index in [0.717, 1.165) is 11.6 Å². The number of amides is 1. The largest absolute Gasteiger partial charge is 0.454 e. The first-order valence-electron chi connectivity index (χ1n) is 6.80. The van der Waals surface area contributed by atoms with Crippen LogP contribution in [0.2, 0.25) is 0 Å². The Labute approximate surface area is 124 Å². The monoisotopic (exact) mass is 303 g/mol. The number of hydrogen-bond acceptors (Lipinski definition) is 3. The van der Waals surface area contributed by atoms with Crippen LogP contribution in [0.3, 0.4) is 0 Å². The first-order chi connectivity index (χ1) is 10.6. The van der Waals surface area contributed by atoms with Gasteiger partial charge in [-0.2, -0.15) is 0 Å². The van der Waals surface area contributed by atoms with Crippen molar-refractivity contribution in [3.05, 3.63) is 53.1 Å². The minimum Gasteiger partial charge on any atom is -0.454 e. The minimum atomic E-state index is -0.664. The molecular weight excluding hydrogens is 292 g/mol. The Morgan fingerprint density at radius 2 is 1.82 bits per heavy atom. The van der Waals surface area contributed by atoms with Crippen molar-refractivity contribution in [2.24, 2.45) is 0 Å². The zero-order valence-corrected chi connectivity index (χ0v) is 11.4. The lowest BCUT2D eigenvalue weighted by molar-refractivity contribution is -0.116. The van der Waals surface area contributed by atoms with E-state index in [-0.39, 0.29) is 24.7 Å². The van der Waals surface area contributed by atoms with Crippen molar-refractivity contribution in [1.82, 2.24) is 0 Å². The second-order valence-corrected chi connectivity index (χ2v) is 5.26. The summed E-state index contributed by atoms with van der Waals surface area (Å²) in [6, 6.07) is 6.81. The number of halogens is 2. The van der Waals surface area contributed by atoms with E-state index in [4.69, 9.17) is 9.47 Å². The molecule has 0 fully saturated rings. The van der Waals surface area contributed by atoms with Crippen molar-refractivity contribution in [1.29, 1.82) is 0 Å². The Morgan fingerprint density at radius 1 is 1.05 bits per heavy atom. The van der Waals surface area contributed by atoms with Crippen LogP contribution in [0.4, 0.5) is 14.5 Å². The molecule has 0 aliphatic carbocycles. The van der Waals surface area contributed by atoms with Crippen molar-refractivity contribution in [2.45, 2.75) is 12.3 Å². The SMILES string of the molecule is O=C1C[C@@H](c2ccc(F)cc2F)c2cc3c(cc2N1)OCO3. The second kappa shape index (κ2) is 4.69. The smallest absolute Gasteiger partial charge is 0.231 e. The maximum atomic E-state index is 14.1. The molecule has 0 aromatic heterocycles. The Morgan fingerprint density at radius 3 is 2.59 bits per heavy atom. The van der Waals surface area contributed by atoms with E-state index >= 15 is 0 Å². The number of rotatable bonds is 1. The fourth-order valence-corrected chi connectivity index (χ4v) is 2.91. The molecule has 0 saturated carbocycles. The summed E-state index contributed by atoms with van der Waals surface area (Å²) in [5, 5.41) is 2.75. The van der Waals surface area contributed by atoms with Crippen molar-refractivity contribution in [2.75, 3.05) is 12.1 Å². The molecule has 0 radical (unpaired) electrons. The molecule has 2 aromatic rings. The van der Waals surface area contributed by atoms with Crippen LogP contribution in [0.5, 0.6) is 11.5 Å². The molecule has 1 amide bonds. The third-order valence-electron chi connectivity index (χ3n) is 3.92. The van der Waals surface area contributed by atoms with Gasteiger partial charge in [-0.1, -0.05) is 6.07 Å². The summed E-state index contributed by atoms with van der Waals surface area (Å²) >= 11 is 0. The molecule has 0 bridgehead atoms. The van der Waals surface area contributed by atoms with Gasteiger partial charge < -0.3 is 14.8 Å².